The Morgan fingerprint density at radius 3 is 2.23 bits per heavy atom. The van der Waals surface area contributed by atoms with Gasteiger partial charge in [-0.1, -0.05) is 26.0 Å². The van der Waals surface area contributed by atoms with Crippen molar-refractivity contribution in [2.24, 2.45) is 0 Å². The molecule has 0 bridgehead atoms. The molecule has 1 N–H and O–H groups in total. The van der Waals surface area contributed by atoms with Gasteiger partial charge < -0.3 is 10.1 Å². The van der Waals surface area contributed by atoms with Crippen LogP contribution in [0.25, 0.3) is 0 Å². The number of benzene rings is 2. The Kier molecular flexibility index (Phi) is 6.53. The molecule has 1 aliphatic rings. The van der Waals surface area contributed by atoms with Gasteiger partial charge in [0.15, 0.2) is 6.10 Å². The fourth-order valence-corrected chi connectivity index (χ4v) is 3.32. The minimum absolute atomic E-state index is 0.109. The summed E-state index contributed by atoms with van der Waals surface area (Å²) < 4.78 is 5.27. The average molecular weight is 422 g/mol. The fourth-order valence-electron chi connectivity index (χ4n) is 3.32. The van der Waals surface area contributed by atoms with E-state index in [-0.39, 0.29) is 28.6 Å². The molecule has 0 fully saturated rings. The maximum Gasteiger partial charge on any atom is 0.338 e. The second-order valence-corrected chi connectivity index (χ2v) is 7.59. The minimum atomic E-state index is -1.04. The molecule has 31 heavy (non-hydrogen) atoms. The van der Waals surface area contributed by atoms with Crippen molar-refractivity contribution in [3.63, 3.8) is 0 Å². The smallest absolute Gasteiger partial charge is 0.338 e. The van der Waals surface area contributed by atoms with Crippen LogP contribution in [0.4, 0.5) is 5.69 Å². The van der Waals surface area contributed by atoms with Crippen LogP contribution < -0.4 is 5.32 Å². The van der Waals surface area contributed by atoms with Gasteiger partial charge in [0.1, 0.15) is 0 Å². The Hall–Kier alpha value is -3.48. The SMILES string of the molecule is CCc1ccc(NC(=O)[C@H](C)OC(=O)c2ccc3c(c2)C(=O)N([C@H](C)CC)C3=O)cc1. The van der Waals surface area contributed by atoms with Crippen LogP contribution in [0.5, 0.6) is 0 Å². The molecule has 7 nitrogen and oxygen atoms in total. The molecule has 0 aliphatic carbocycles. The lowest BCUT2D eigenvalue weighted by Gasteiger charge is -2.20. The van der Waals surface area contributed by atoms with Gasteiger partial charge >= 0.3 is 5.97 Å². The number of carbonyl (C=O) groups excluding carboxylic acids is 4. The van der Waals surface area contributed by atoms with Crippen LogP contribution >= 0.6 is 0 Å². The van der Waals surface area contributed by atoms with Crippen molar-refractivity contribution in [2.45, 2.75) is 52.7 Å². The van der Waals surface area contributed by atoms with Crippen LogP contribution in [0.2, 0.25) is 0 Å². The molecule has 0 saturated carbocycles. The van der Waals surface area contributed by atoms with Gasteiger partial charge in [0, 0.05) is 11.7 Å². The van der Waals surface area contributed by atoms with Gasteiger partial charge in [0.25, 0.3) is 17.7 Å². The van der Waals surface area contributed by atoms with Crippen molar-refractivity contribution in [2.75, 3.05) is 5.32 Å². The number of nitrogens with one attached hydrogen (secondary N) is 1. The molecule has 0 spiro atoms. The lowest BCUT2D eigenvalue weighted by Crippen LogP contribution is -2.37. The Bertz CT molecular complexity index is 1030. The first kappa shape index (κ1) is 22.2. The van der Waals surface area contributed by atoms with Gasteiger partial charge in [0.05, 0.1) is 16.7 Å². The number of aryl methyl sites for hydroxylation is 1. The van der Waals surface area contributed by atoms with Gasteiger partial charge in [-0.25, -0.2) is 4.79 Å². The number of carbonyl (C=O) groups is 4. The van der Waals surface area contributed by atoms with E-state index in [0.29, 0.717) is 12.1 Å². The number of esters is 1. The van der Waals surface area contributed by atoms with Crippen LogP contribution in [0.1, 0.15) is 70.8 Å². The fraction of sp³-hybridized carbons (Fsp3) is 0.333. The summed E-state index contributed by atoms with van der Waals surface area (Å²) in [5.74, 6) is -2.00. The summed E-state index contributed by atoms with van der Waals surface area (Å²) in [6, 6.07) is 11.4. The molecular weight excluding hydrogens is 396 g/mol. The summed E-state index contributed by atoms with van der Waals surface area (Å²) in [7, 11) is 0. The number of amides is 3. The number of fused-ring (bicyclic) bond motifs is 1. The molecule has 0 aromatic heterocycles. The van der Waals surface area contributed by atoms with Crippen molar-refractivity contribution in [1.29, 1.82) is 0 Å². The van der Waals surface area contributed by atoms with Crippen molar-refractivity contribution < 1.29 is 23.9 Å². The first-order chi connectivity index (χ1) is 14.8. The predicted octanol–water partition coefficient (Wildman–Crippen LogP) is 3.83. The summed E-state index contributed by atoms with van der Waals surface area (Å²) in [5.41, 5.74) is 2.31. The summed E-state index contributed by atoms with van der Waals surface area (Å²) in [5, 5.41) is 2.71. The first-order valence-electron chi connectivity index (χ1n) is 10.4. The Labute approximate surface area is 181 Å². The van der Waals surface area contributed by atoms with E-state index >= 15 is 0 Å². The van der Waals surface area contributed by atoms with E-state index in [4.69, 9.17) is 4.74 Å². The number of nitrogens with zero attached hydrogens (tertiary/aromatic N) is 1. The van der Waals surface area contributed by atoms with Gasteiger partial charge in [-0.15, -0.1) is 0 Å². The molecule has 1 aliphatic heterocycles. The standard InChI is InChI=1S/C24H26N2O5/c1-5-14(3)26-22(28)19-12-9-17(13-20(19)23(26)29)24(30)31-15(4)21(27)25-18-10-7-16(6-2)8-11-18/h7-15H,5-6H2,1-4H3,(H,25,27)/t14-,15+/m1/s1. The van der Waals surface area contributed by atoms with Gasteiger partial charge in [-0.05, 0) is 62.6 Å². The topological polar surface area (TPSA) is 92.8 Å². The molecule has 2 aromatic rings. The summed E-state index contributed by atoms with van der Waals surface area (Å²) >= 11 is 0. The van der Waals surface area contributed by atoms with Crippen LogP contribution in [0.15, 0.2) is 42.5 Å². The number of ether oxygens (including phenoxy) is 1. The van der Waals surface area contributed by atoms with Crippen LogP contribution in [0, 0.1) is 0 Å². The Balaban J connectivity index is 1.68. The molecular formula is C24H26N2O5. The van der Waals surface area contributed by atoms with E-state index < -0.39 is 23.9 Å². The molecule has 3 amide bonds. The van der Waals surface area contributed by atoms with E-state index in [9.17, 15) is 19.2 Å². The first-order valence-corrected chi connectivity index (χ1v) is 10.4. The van der Waals surface area contributed by atoms with E-state index in [1.807, 2.05) is 26.0 Å². The number of anilines is 1. The quantitative estimate of drug-likeness (QED) is 0.541. The number of imide groups is 1. The zero-order chi connectivity index (χ0) is 22.7. The highest BCUT2D eigenvalue weighted by atomic mass is 16.5. The maximum absolute atomic E-state index is 12.7. The largest absolute Gasteiger partial charge is 0.449 e. The van der Waals surface area contributed by atoms with Crippen molar-refractivity contribution in [1.82, 2.24) is 4.90 Å². The molecule has 2 atom stereocenters. The summed E-state index contributed by atoms with van der Waals surface area (Å²) in [6.45, 7) is 7.20. The third kappa shape index (κ3) is 4.50. The van der Waals surface area contributed by atoms with E-state index in [1.54, 1.807) is 19.1 Å². The van der Waals surface area contributed by atoms with E-state index in [1.165, 1.54) is 30.0 Å². The Morgan fingerprint density at radius 1 is 0.968 bits per heavy atom. The Morgan fingerprint density at radius 2 is 1.61 bits per heavy atom. The van der Waals surface area contributed by atoms with Gasteiger partial charge in [-0.2, -0.15) is 0 Å². The molecule has 2 aromatic carbocycles. The van der Waals surface area contributed by atoms with Crippen LogP contribution in [0.3, 0.4) is 0 Å². The number of hydrogen-bond donors (Lipinski definition) is 1. The average Bonchev–Trinajstić information content (AvgIpc) is 3.03. The molecule has 162 valence electrons. The van der Waals surface area contributed by atoms with E-state index in [2.05, 4.69) is 5.32 Å². The highest BCUT2D eigenvalue weighted by Crippen LogP contribution is 2.27. The second kappa shape index (κ2) is 9.12. The summed E-state index contributed by atoms with van der Waals surface area (Å²) in [6.07, 6.45) is 0.487. The predicted molar refractivity (Wildman–Crippen MR) is 116 cm³/mol. The molecule has 3 rings (SSSR count). The molecule has 0 radical (unpaired) electrons. The lowest BCUT2D eigenvalue weighted by molar-refractivity contribution is -0.123. The minimum Gasteiger partial charge on any atom is -0.449 e. The van der Waals surface area contributed by atoms with Crippen LogP contribution in [-0.4, -0.2) is 40.7 Å². The van der Waals surface area contributed by atoms with Crippen molar-refractivity contribution >= 4 is 29.4 Å². The zero-order valence-corrected chi connectivity index (χ0v) is 18.1. The molecule has 0 unspecified atom stereocenters. The van der Waals surface area contributed by atoms with Crippen molar-refractivity contribution in [3.8, 4) is 0 Å². The molecule has 7 heteroatoms. The molecule has 0 saturated heterocycles. The van der Waals surface area contributed by atoms with Gasteiger partial charge in [-0.3, -0.25) is 19.3 Å². The van der Waals surface area contributed by atoms with Crippen LogP contribution in [-0.2, 0) is 16.0 Å². The zero-order valence-electron chi connectivity index (χ0n) is 18.1. The normalized spacial score (nSPS) is 14.8. The molecule has 1 heterocycles. The highest BCUT2D eigenvalue weighted by molar-refractivity contribution is 6.22. The lowest BCUT2D eigenvalue weighted by atomic mass is 10.1. The highest BCUT2D eigenvalue weighted by Gasteiger charge is 2.38. The van der Waals surface area contributed by atoms with E-state index in [0.717, 1.165) is 12.0 Å². The second-order valence-electron chi connectivity index (χ2n) is 7.59. The number of hydrogen-bond acceptors (Lipinski definition) is 5. The maximum atomic E-state index is 12.7. The number of rotatable bonds is 7. The van der Waals surface area contributed by atoms with Crippen molar-refractivity contribution in [3.05, 3.63) is 64.7 Å². The van der Waals surface area contributed by atoms with Gasteiger partial charge in [0.2, 0.25) is 0 Å². The third-order valence-corrected chi connectivity index (χ3v) is 5.47. The monoisotopic (exact) mass is 422 g/mol. The summed E-state index contributed by atoms with van der Waals surface area (Å²) in [4.78, 5) is 51.3. The third-order valence-electron chi connectivity index (χ3n) is 5.47.